The first-order valence-corrected chi connectivity index (χ1v) is 7.01. The number of ether oxygens (including phenoxy) is 1. The highest BCUT2D eigenvalue weighted by atomic mass is 16.5. The van der Waals surface area contributed by atoms with Crippen molar-refractivity contribution in [2.75, 3.05) is 13.7 Å². The van der Waals surface area contributed by atoms with Crippen LogP contribution in [-0.4, -0.2) is 28.6 Å². The SMILES string of the molecule is COCCn1nccc1C(O)C1C2CCCCC21. The highest BCUT2D eigenvalue weighted by molar-refractivity contribution is 5.13. The molecule has 1 heterocycles. The molecule has 3 unspecified atom stereocenters. The van der Waals surface area contributed by atoms with Crippen LogP contribution >= 0.6 is 0 Å². The number of fused-ring (bicyclic) bond motifs is 1. The zero-order chi connectivity index (χ0) is 12.5. The largest absolute Gasteiger partial charge is 0.387 e. The quantitative estimate of drug-likeness (QED) is 0.869. The van der Waals surface area contributed by atoms with E-state index in [1.165, 1.54) is 25.7 Å². The maximum atomic E-state index is 10.6. The summed E-state index contributed by atoms with van der Waals surface area (Å²) in [4.78, 5) is 0. The molecule has 0 radical (unpaired) electrons. The van der Waals surface area contributed by atoms with Gasteiger partial charge in [-0.05, 0) is 36.7 Å². The van der Waals surface area contributed by atoms with Crippen LogP contribution in [-0.2, 0) is 11.3 Å². The second-order valence-electron chi connectivity index (χ2n) is 5.61. The first-order chi connectivity index (χ1) is 8.83. The van der Waals surface area contributed by atoms with Crippen LogP contribution in [0.1, 0.15) is 37.5 Å². The van der Waals surface area contributed by atoms with E-state index in [1.54, 1.807) is 13.3 Å². The topological polar surface area (TPSA) is 47.3 Å². The lowest BCUT2D eigenvalue weighted by Gasteiger charge is -2.13. The summed E-state index contributed by atoms with van der Waals surface area (Å²) in [5, 5.41) is 14.8. The predicted octanol–water partition coefficient (Wildman–Crippen LogP) is 2.00. The lowest BCUT2D eigenvalue weighted by molar-refractivity contribution is 0.125. The van der Waals surface area contributed by atoms with Gasteiger partial charge in [0.15, 0.2) is 0 Å². The summed E-state index contributed by atoms with van der Waals surface area (Å²) >= 11 is 0. The van der Waals surface area contributed by atoms with Crippen LogP contribution in [0.25, 0.3) is 0 Å². The van der Waals surface area contributed by atoms with Crippen molar-refractivity contribution in [2.24, 2.45) is 17.8 Å². The van der Waals surface area contributed by atoms with Crippen LogP contribution in [0.15, 0.2) is 12.3 Å². The van der Waals surface area contributed by atoms with Crippen molar-refractivity contribution in [3.63, 3.8) is 0 Å². The molecule has 0 saturated heterocycles. The minimum Gasteiger partial charge on any atom is -0.387 e. The van der Waals surface area contributed by atoms with Crippen LogP contribution in [0.5, 0.6) is 0 Å². The van der Waals surface area contributed by atoms with Crippen LogP contribution in [0, 0.1) is 17.8 Å². The molecule has 4 heteroatoms. The lowest BCUT2D eigenvalue weighted by atomic mass is 10.0. The fraction of sp³-hybridized carbons (Fsp3) is 0.786. The van der Waals surface area contributed by atoms with Gasteiger partial charge >= 0.3 is 0 Å². The zero-order valence-corrected chi connectivity index (χ0v) is 11.0. The van der Waals surface area contributed by atoms with Crippen molar-refractivity contribution in [3.05, 3.63) is 18.0 Å². The second kappa shape index (κ2) is 5.02. The van der Waals surface area contributed by atoms with Gasteiger partial charge in [-0.25, -0.2) is 0 Å². The Hall–Kier alpha value is -0.870. The van der Waals surface area contributed by atoms with Gasteiger partial charge in [0.05, 0.1) is 24.9 Å². The van der Waals surface area contributed by atoms with E-state index in [0.29, 0.717) is 12.5 Å². The molecule has 0 amide bonds. The van der Waals surface area contributed by atoms with Gasteiger partial charge in [0.1, 0.15) is 0 Å². The molecule has 2 fully saturated rings. The molecule has 0 aliphatic heterocycles. The third-order valence-corrected chi connectivity index (χ3v) is 4.65. The Labute approximate surface area is 108 Å². The Morgan fingerprint density at radius 3 is 2.83 bits per heavy atom. The van der Waals surface area contributed by atoms with Gasteiger partial charge in [-0.2, -0.15) is 5.10 Å². The van der Waals surface area contributed by atoms with Crippen LogP contribution < -0.4 is 0 Å². The van der Waals surface area contributed by atoms with E-state index in [-0.39, 0.29) is 6.10 Å². The summed E-state index contributed by atoms with van der Waals surface area (Å²) < 4.78 is 6.97. The van der Waals surface area contributed by atoms with E-state index >= 15 is 0 Å². The van der Waals surface area contributed by atoms with E-state index < -0.39 is 0 Å². The first-order valence-electron chi connectivity index (χ1n) is 7.01. The fourth-order valence-electron chi connectivity index (χ4n) is 3.67. The molecule has 2 aliphatic rings. The normalized spacial score (nSPS) is 32.0. The maximum Gasteiger partial charge on any atom is 0.0990 e. The molecule has 4 nitrogen and oxygen atoms in total. The molecule has 0 spiro atoms. The number of hydrogen-bond donors (Lipinski definition) is 1. The second-order valence-corrected chi connectivity index (χ2v) is 5.61. The van der Waals surface area contributed by atoms with E-state index in [0.717, 1.165) is 24.1 Å². The van der Waals surface area contributed by atoms with E-state index in [2.05, 4.69) is 5.10 Å². The van der Waals surface area contributed by atoms with E-state index in [9.17, 15) is 5.11 Å². The average Bonchev–Trinajstić information content (AvgIpc) is 2.94. The van der Waals surface area contributed by atoms with Crippen LogP contribution in [0.4, 0.5) is 0 Å². The Balaban J connectivity index is 1.69. The van der Waals surface area contributed by atoms with Crippen molar-refractivity contribution in [1.29, 1.82) is 0 Å². The molecule has 1 N–H and O–H groups in total. The van der Waals surface area contributed by atoms with Crippen molar-refractivity contribution < 1.29 is 9.84 Å². The van der Waals surface area contributed by atoms with Gasteiger partial charge in [0.25, 0.3) is 0 Å². The molecule has 3 atom stereocenters. The molecular weight excluding hydrogens is 228 g/mol. The van der Waals surface area contributed by atoms with E-state index in [1.807, 2.05) is 10.7 Å². The Bertz CT molecular complexity index is 392. The molecule has 1 aromatic rings. The van der Waals surface area contributed by atoms with Crippen molar-refractivity contribution in [3.8, 4) is 0 Å². The minimum atomic E-state index is -0.336. The first kappa shape index (κ1) is 12.2. The summed E-state index contributed by atoms with van der Waals surface area (Å²) in [5.41, 5.74) is 0.964. The number of aromatic nitrogens is 2. The summed E-state index contributed by atoms with van der Waals surface area (Å²) in [7, 11) is 1.69. The molecule has 3 rings (SSSR count). The Morgan fingerprint density at radius 1 is 1.44 bits per heavy atom. The average molecular weight is 250 g/mol. The number of aliphatic hydroxyl groups is 1. The summed E-state index contributed by atoms with van der Waals surface area (Å²) in [6, 6.07) is 1.95. The van der Waals surface area contributed by atoms with Gasteiger partial charge in [0, 0.05) is 13.3 Å². The van der Waals surface area contributed by atoms with Crippen LogP contribution in [0.3, 0.4) is 0 Å². The van der Waals surface area contributed by atoms with Gasteiger partial charge in [0.2, 0.25) is 0 Å². The summed E-state index contributed by atoms with van der Waals surface area (Å²) in [6.07, 6.45) is 6.73. The number of rotatable bonds is 5. The van der Waals surface area contributed by atoms with Gasteiger partial charge < -0.3 is 9.84 Å². The van der Waals surface area contributed by atoms with Gasteiger partial charge in [-0.1, -0.05) is 12.8 Å². The van der Waals surface area contributed by atoms with Crippen LogP contribution in [0.2, 0.25) is 0 Å². The number of aliphatic hydroxyl groups excluding tert-OH is 1. The molecule has 1 aromatic heterocycles. The molecule has 2 aliphatic carbocycles. The smallest absolute Gasteiger partial charge is 0.0990 e. The van der Waals surface area contributed by atoms with Crippen molar-refractivity contribution >= 4 is 0 Å². The Kier molecular flexibility index (Phi) is 3.39. The summed E-state index contributed by atoms with van der Waals surface area (Å²) in [5.74, 6) is 2.00. The number of hydrogen-bond acceptors (Lipinski definition) is 3. The third-order valence-electron chi connectivity index (χ3n) is 4.65. The fourth-order valence-corrected chi connectivity index (χ4v) is 3.67. The van der Waals surface area contributed by atoms with E-state index in [4.69, 9.17) is 4.74 Å². The minimum absolute atomic E-state index is 0.336. The monoisotopic (exact) mass is 250 g/mol. The maximum absolute atomic E-state index is 10.6. The zero-order valence-electron chi connectivity index (χ0n) is 11.0. The number of methoxy groups -OCH3 is 1. The highest BCUT2D eigenvalue weighted by Crippen LogP contribution is 2.60. The standard InChI is InChI=1S/C14H22N2O2/c1-18-9-8-16-12(6-7-15-16)14(17)13-10-4-2-3-5-11(10)13/h6-7,10-11,13-14,17H,2-5,8-9H2,1H3. The van der Waals surface area contributed by atoms with Crippen molar-refractivity contribution in [2.45, 2.75) is 38.3 Å². The molecule has 0 aromatic carbocycles. The highest BCUT2D eigenvalue weighted by Gasteiger charge is 2.54. The summed E-state index contributed by atoms with van der Waals surface area (Å²) in [6.45, 7) is 1.36. The Morgan fingerprint density at radius 2 is 2.17 bits per heavy atom. The lowest BCUT2D eigenvalue weighted by Crippen LogP contribution is -2.14. The molecule has 2 saturated carbocycles. The molecule has 100 valence electrons. The van der Waals surface area contributed by atoms with Gasteiger partial charge in [-0.15, -0.1) is 0 Å². The van der Waals surface area contributed by atoms with Crippen molar-refractivity contribution in [1.82, 2.24) is 9.78 Å². The predicted molar refractivity (Wildman–Crippen MR) is 68.0 cm³/mol. The third kappa shape index (κ3) is 2.08. The molecule has 18 heavy (non-hydrogen) atoms. The molecular formula is C14H22N2O2. The molecule has 0 bridgehead atoms. The number of nitrogens with zero attached hydrogens (tertiary/aromatic N) is 2. The van der Waals surface area contributed by atoms with Gasteiger partial charge in [-0.3, -0.25) is 4.68 Å².